The van der Waals surface area contributed by atoms with Crippen LogP contribution < -0.4 is 10.6 Å². The molecule has 2 atom stereocenters. The number of benzene rings is 1. The van der Waals surface area contributed by atoms with Gasteiger partial charge in [-0.2, -0.15) is 0 Å². The number of anilines is 1. The van der Waals surface area contributed by atoms with E-state index in [1.165, 1.54) is 0 Å². The van der Waals surface area contributed by atoms with Crippen molar-refractivity contribution in [3.63, 3.8) is 0 Å². The number of nitrogens with one attached hydrogen (secondary N) is 2. The van der Waals surface area contributed by atoms with Crippen molar-refractivity contribution in [2.24, 2.45) is 10.9 Å². The molecule has 0 saturated carbocycles. The first kappa shape index (κ1) is 27.0. The Morgan fingerprint density at radius 3 is 2.81 bits per heavy atom. The highest BCUT2D eigenvalue weighted by Gasteiger charge is 2.23. The molecule has 3 rings (SSSR count). The van der Waals surface area contributed by atoms with Gasteiger partial charge in [-0.3, -0.25) is 4.99 Å². The molecule has 36 heavy (non-hydrogen) atoms. The lowest BCUT2D eigenvalue weighted by Crippen LogP contribution is -2.43. The van der Waals surface area contributed by atoms with Crippen LogP contribution in [0, 0.1) is 5.92 Å². The number of allylic oxidation sites excluding steroid dienone is 5. The Bertz CT molecular complexity index is 1160. The Morgan fingerprint density at radius 2 is 2.14 bits per heavy atom. The summed E-state index contributed by atoms with van der Waals surface area (Å²) in [6.07, 6.45) is 9.98. The molecule has 1 aromatic heterocycles. The molecular weight excluding hydrogens is 448 g/mol. The van der Waals surface area contributed by atoms with Gasteiger partial charge in [0.05, 0.1) is 6.10 Å². The number of piperidine rings is 1. The quantitative estimate of drug-likeness (QED) is 0.343. The molecule has 0 radical (unpaired) electrons. The van der Waals surface area contributed by atoms with Gasteiger partial charge in [-0.1, -0.05) is 49.1 Å². The second-order valence-electron chi connectivity index (χ2n) is 9.32. The fourth-order valence-electron chi connectivity index (χ4n) is 4.18. The van der Waals surface area contributed by atoms with Crippen LogP contribution in [0.1, 0.15) is 24.5 Å². The fourth-order valence-corrected chi connectivity index (χ4v) is 4.18. The summed E-state index contributed by atoms with van der Waals surface area (Å²) in [5.74, 6) is 1.46. The van der Waals surface area contributed by atoms with E-state index in [9.17, 15) is 5.11 Å². The van der Waals surface area contributed by atoms with Crippen LogP contribution in [0.15, 0.2) is 72.5 Å². The number of aliphatic hydroxyl groups is 1. The molecule has 7 heteroatoms. The average molecular weight is 487 g/mol. The first-order chi connectivity index (χ1) is 17.3. The molecule has 1 fully saturated rings. The van der Waals surface area contributed by atoms with Crippen LogP contribution in [0.4, 0.5) is 5.82 Å². The van der Waals surface area contributed by atoms with Crippen LogP contribution in [-0.4, -0.2) is 73.1 Å². The molecule has 3 N–H and O–H groups in total. The summed E-state index contributed by atoms with van der Waals surface area (Å²) in [6.45, 7) is 12.1. The average Bonchev–Trinajstić information content (AvgIpc) is 2.86. The fraction of sp³-hybridized carbons (Fsp3) is 0.345. The van der Waals surface area contributed by atoms with Crippen LogP contribution in [0.2, 0.25) is 0 Å². The summed E-state index contributed by atoms with van der Waals surface area (Å²) >= 11 is 0. The van der Waals surface area contributed by atoms with Crippen LogP contribution in [-0.2, 0) is 0 Å². The topological polar surface area (TPSA) is 85.7 Å². The molecule has 1 aromatic carbocycles. The normalized spacial score (nSPS) is 18.8. The Kier molecular flexibility index (Phi) is 9.73. The van der Waals surface area contributed by atoms with Crippen molar-refractivity contribution in [2.45, 2.75) is 19.4 Å². The van der Waals surface area contributed by atoms with Crippen LogP contribution in [0.3, 0.4) is 0 Å². The van der Waals surface area contributed by atoms with Crippen molar-refractivity contribution in [3.05, 3.63) is 78.7 Å². The summed E-state index contributed by atoms with van der Waals surface area (Å²) in [6, 6.07) is 8.14. The largest absolute Gasteiger partial charge is 0.391 e. The zero-order valence-corrected chi connectivity index (χ0v) is 21.8. The number of aromatic nitrogens is 2. The molecule has 1 aliphatic heterocycles. The summed E-state index contributed by atoms with van der Waals surface area (Å²) in [5, 5.41) is 17.2. The molecule has 1 saturated heterocycles. The summed E-state index contributed by atoms with van der Waals surface area (Å²) in [4.78, 5) is 15.9. The summed E-state index contributed by atoms with van der Waals surface area (Å²) in [7, 11) is 5.72. The molecule has 2 aromatic rings. The third-order valence-electron chi connectivity index (χ3n) is 5.96. The van der Waals surface area contributed by atoms with Gasteiger partial charge in [-0.05, 0) is 37.1 Å². The predicted octanol–water partition coefficient (Wildman–Crippen LogP) is 4.27. The lowest BCUT2D eigenvalue weighted by Gasteiger charge is -2.29. The highest BCUT2D eigenvalue weighted by molar-refractivity contribution is 6.12. The van der Waals surface area contributed by atoms with E-state index >= 15 is 0 Å². The third kappa shape index (κ3) is 7.23. The van der Waals surface area contributed by atoms with Gasteiger partial charge in [0.15, 0.2) is 5.82 Å². The van der Waals surface area contributed by atoms with E-state index in [2.05, 4.69) is 40.9 Å². The van der Waals surface area contributed by atoms with Crippen molar-refractivity contribution < 1.29 is 5.11 Å². The van der Waals surface area contributed by atoms with E-state index in [-0.39, 0.29) is 5.92 Å². The SMILES string of the molecule is C=C/C(=C\N(C)C)c1cccc(-c2ncc(/C(C=NC)=C/C(=C)C)c(NC[C@H]3CCNC[C@H]3O)n2)c1. The maximum atomic E-state index is 10.4. The van der Waals surface area contributed by atoms with Gasteiger partial charge in [0.1, 0.15) is 5.82 Å². The molecule has 0 bridgehead atoms. The zero-order valence-electron chi connectivity index (χ0n) is 21.8. The Morgan fingerprint density at radius 1 is 1.33 bits per heavy atom. The van der Waals surface area contributed by atoms with Gasteiger partial charge in [0.2, 0.25) is 0 Å². The molecule has 0 aliphatic carbocycles. The van der Waals surface area contributed by atoms with E-state index in [0.717, 1.165) is 46.4 Å². The van der Waals surface area contributed by atoms with E-state index in [1.807, 2.05) is 62.6 Å². The van der Waals surface area contributed by atoms with Gasteiger partial charge >= 0.3 is 0 Å². The third-order valence-corrected chi connectivity index (χ3v) is 5.96. The number of nitrogens with zero attached hydrogens (tertiary/aromatic N) is 4. The monoisotopic (exact) mass is 486 g/mol. The van der Waals surface area contributed by atoms with Crippen molar-refractivity contribution in [1.29, 1.82) is 0 Å². The van der Waals surface area contributed by atoms with E-state index in [0.29, 0.717) is 24.7 Å². The standard InChI is InChI=1S/C29H38N6O/c1-7-21(19-35(5)6)22-9-8-10-23(14-22)28-33-17-26(25(15-30-4)13-20(2)3)29(34-28)32-16-24-11-12-31-18-27(24)36/h7-10,13-15,17,19,24,27,31,36H,1-2,11-12,16,18H2,3-6H3,(H,32,33,34)/b21-19+,25-13+,30-15?/t24-,27-/m1/s1. The summed E-state index contributed by atoms with van der Waals surface area (Å²) in [5.41, 5.74) is 5.59. The van der Waals surface area contributed by atoms with Crippen molar-refractivity contribution >= 4 is 23.2 Å². The maximum Gasteiger partial charge on any atom is 0.161 e. The minimum Gasteiger partial charge on any atom is -0.391 e. The van der Waals surface area contributed by atoms with E-state index in [1.54, 1.807) is 13.3 Å². The summed E-state index contributed by atoms with van der Waals surface area (Å²) < 4.78 is 0. The Labute approximate surface area is 215 Å². The highest BCUT2D eigenvalue weighted by Crippen LogP contribution is 2.28. The van der Waals surface area contributed by atoms with Gasteiger partial charge in [0.25, 0.3) is 0 Å². The number of hydrogen-bond donors (Lipinski definition) is 3. The first-order valence-electron chi connectivity index (χ1n) is 12.2. The minimum atomic E-state index is -0.392. The highest BCUT2D eigenvalue weighted by atomic mass is 16.3. The molecule has 0 amide bonds. The molecule has 2 heterocycles. The lowest BCUT2D eigenvalue weighted by atomic mass is 9.95. The van der Waals surface area contributed by atoms with Crippen LogP contribution in [0.25, 0.3) is 22.5 Å². The lowest BCUT2D eigenvalue weighted by molar-refractivity contribution is 0.0883. The molecule has 0 unspecified atom stereocenters. The van der Waals surface area contributed by atoms with Crippen LogP contribution >= 0.6 is 0 Å². The first-order valence-corrected chi connectivity index (χ1v) is 12.2. The molecule has 1 aliphatic rings. The molecule has 7 nitrogen and oxygen atoms in total. The second-order valence-corrected chi connectivity index (χ2v) is 9.32. The molecular formula is C29H38N6O. The van der Waals surface area contributed by atoms with Gasteiger partial charge in [-0.25, -0.2) is 9.97 Å². The zero-order chi connectivity index (χ0) is 26.1. The number of rotatable bonds is 10. The van der Waals surface area contributed by atoms with E-state index < -0.39 is 6.10 Å². The van der Waals surface area contributed by atoms with Crippen molar-refractivity contribution in [1.82, 2.24) is 20.2 Å². The molecule has 190 valence electrons. The Balaban J connectivity index is 2.04. The van der Waals surface area contributed by atoms with Crippen molar-refractivity contribution in [3.8, 4) is 11.4 Å². The van der Waals surface area contributed by atoms with Crippen molar-refractivity contribution in [2.75, 3.05) is 46.1 Å². The van der Waals surface area contributed by atoms with Gasteiger partial charge in [0, 0.05) is 75.5 Å². The predicted molar refractivity (Wildman–Crippen MR) is 152 cm³/mol. The Hall–Kier alpha value is -3.55. The van der Waals surface area contributed by atoms with Gasteiger partial charge in [-0.15, -0.1) is 0 Å². The van der Waals surface area contributed by atoms with Gasteiger partial charge < -0.3 is 20.6 Å². The maximum absolute atomic E-state index is 10.4. The second kappa shape index (κ2) is 13.0. The number of aliphatic hydroxyl groups excluding tert-OH is 1. The minimum absolute atomic E-state index is 0.139. The smallest absolute Gasteiger partial charge is 0.161 e. The molecule has 0 spiro atoms. The van der Waals surface area contributed by atoms with E-state index in [4.69, 9.17) is 9.97 Å². The number of β-amino-alcohol motifs (C(OH)–C–C–N with tert-alkyl or cyclic N) is 1. The number of aliphatic imine (C=N–C) groups is 1. The number of hydrogen-bond acceptors (Lipinski definition) is 7. The van der Waals surface area contributed by atoms with Crippen LogP contribution in [0.5, 0.6) is 0 Å².